The van der Waals surface area contributed by atoms with Crippen molar-refractivity contribution in [3.05, 3.63) is 50.9 Å². The third kappa shape index (κ3) is 3.72. The largest absolute Gasteiger partial charge is 0.440 e. The van der Waals surface area contributed by atoms with E-state index in [2.05, 4.69) is 15.3 Å². The molecule has 0 saturated heterocycles. The molecule has 2 heterocycles. The molecule has 5 nitrogen and oxygen atoms in total. The van der Waals surface area contributed by atoms with Gasteiger partial charge in [-0.2, -0.15) is 0 Å². The van der Waals surface area contributed by atoms with Gasteiger partial charge in [-0.05, 0) is 56.2 Å². The van der Waals surface area contributed by atoms with E-state index in [0.29, 0.717) is 16.3 Å². The number of aromatic nitrogens is 2. The van der Waals surface area contributed by atoms with E-state index in [9.17, 15) is 4.79 Å². The van der Waals surface area contributed by atoms with Crippen molar-refractivity contribution in [2.75, 3.05) is 5.32 Å². The molecule has 1 aliphatic carbocycles. The first-order valence-electron chi connectivity index (χ1n) is 8.13. The van der Waals surface area contributed by atoms with Crippen molar-refractivity contribution in [1.82, 2.24) is 9.97 Å². The molecule has 0 radical (unpaired) electrons. The summed E-state index contributed by atoms with van der Waals surface area (Å²) in [5.74, 6) is 2.04. The second kappa shape index (κ2) is 6.57. The molecule has 2 aromatic heterocycles. The van der Waals surface area contributed by atoms with Gasteiger partial charge in [0.2, 0.25) is 5.91 Å². The lowest BCUT2D eigenvalue weighted by molar-refractivity contribution is -0.115. The Bertz CT molecular complexity index is 965. The normalized spacial score (nSPS) is 13.8. The molecule has 1 aliphatic rings. The number of carbonyl (C=O) groups excluding carboxylic acids is 1. The lowest BCUT2D eigenvalue weighted by atomic mass is 10.1. The van der Waals surface area contributed by atoms with Gasteiger partial charge >= 0.3 is 0 Å². The fourth-order valence-corrected chi connectivity index (χ4v) is 3.90. The van der Waals surface area contributed by atoms with Crippen LogP contribution in [0.15, 0.2) is 34.9 Å². The monoisotopic (exact) mass is 371 g/mol. The molecule has 4 rings (SSSR count). The van der Waals surface area contributed by atoms with Gasteiger partial charge in [-0.3, -0.25) is 4.79 Å². The third-order valence-electron chi connectivity index (χ3n) is 4.15. The Hall–Kier alpha value is -2.25. The number of aromatic amines is 1. The molecule has 2 N–H and O–H groups in total. The van der Waals surface area contributed by atoms with Gasteiger partial charge in [0.05, 0.1) is 12.6 Å². The molecule has 0 atom stereocenters. The highest BCUT2D eigenvalue weighted by Crippen LogP contribution is 2.40. The lowest BCUT2D eigenvalue weighted by Crippen LogP contribution is -2.14. The summed E-state index contributed by atoms with van der Waals surface area (Å²) in [7, 11) is 0. The van der Waals surface area contributed by atoms with E-state index in [-0.39, 0.29) is 5.91 Å². The van der Waals surface area contributed by atoms with Crippen LogP contribution in [-0.4, -0.2) is 15.9 Å². The number of nitrogens with zero attached hydrogens (tertiary/aromatic N) is 1. The topological polar surface area (TPSA) is 70.9 Å². The van der Waals surface area contributed by atoms with Crippen molar-refractivity contribution in [3.63, 3.8) is 0 Å². The number of benzene rings is 1. The molecule has 1 amide bonds. The third-order valence-corrected chi connectivity index (χ3v) is 5.48. The summed E-state index contributed by atoms with van der Waals surface area (Å²) >= 11 is 6.54. The molecule has 25 heavy (non-hydrogen) atoms. The molecule has 0 spiro atoms. The predicted molar refractivity (Wildman–Crippen MR) is 100 cm³/mol. The van der Waals surface area contributed by atoms with E-state index in [1.165, 1.54) is 24.2 Å². The lowest BCUT2D eigenvalue weighted by Gasteiger charge is -2.05. The van der Waals surface area contributed by atoms with Crippen LogP contribution < -0.4 is 5.32 Å². The first-order valence-corrected chi connectivity index (χ1v) is 9.35. The quantitative estimate of drug-likeness (QED) is 0.630. The second-order valence-electron chi connectivity index (χ2n) is 6.20. The number of hydrogen-bond acceptors (Lipinski definition) is 5. The number of anilines is 1. The van der Waals surface area contributed by atoms with Crippen molar-refractivity contribution in [2.24, 2.45) is 0 Å². The Kier molecular flexibility index (Phi) is 4.27. The van der Waals surface area contributed by atoms with Crippen molar-refractivity contribution in [1.29, 1.82) is 0 Å². The molecule has 0 unspecified atom stereocenters. The van der Waals surface area contributed by atoms with Crippen LogP contribution in [-0.2, 0) is 11.2 Å². The van der Waals surface area contributed by atoms with Gasteiger partial charge in [0.25, 0.3) is 0 Å². The van der Waals surface area contributed by atoms with Crippen LogP contribution >= 0.6 is 23.6 Å². The van der Waals surface area contributed by atoms with E-state index in [1.807, 2.05) is 31.2 Å². The summed E-state index contributed by atoms with van der Waals surface area (Å²) in [6.07, 6.45) is 4.42. The number of hydrogen-bond donors (Lipinski definition) is 2. The summed E-state index contributed by atoms with van der Waals surface area (Å²) in [5.41, 5.74) is 2.67. The van der Waals surface area contributed by atoms with Crippen LogP contribution in [0.3, 0.4) is 0 Å². The molecule has 0 aliphatic heterocycles. The van der Waals surface area contributed by atoms with Crippen LogP contribution in [0.5, 0.6) is 0 Å². The average Bonchev–Trinajstić information content (AvgIpc) is 3.23. The van der Waals surface area contributed by atoms with Gasteiger partial charge in [0, 0.05) is 27.7 Å². The van der Waals surface area contributed by atoms with E-state index >= 15 is 0 Å². The SMILES string of the molecule is Cc1[nH]c(=S)sc1CC(=O)Nc1ccc(-c2cnc(C3CC3)o2)cc1. The zero-order valence-corrected chi connectivity index (χ0v) is 15.3. The summed E-state index contributed by atoms with van der Waals surface area (Å²) in [4.78, 5) is 20.6. The molecule has 3 aromatic rings. The highest BCUT2D eigenvalue weighted by atomic mass is 32.1. The minimum atomic E-state index is -0.0585. The Labute approximate surface area is 154 Å². The number of thiazole rings is 1. The minimum absolute atomic E-state index is 0.0585. The maximum Gasteiger partial charge on any atom is 0.229 e. The molecule has 1 saturated carbocycles. The maximum absolute atomic E-state index is 12.2. The molecular weight excluding hydrogens is 354 g/mol. The van der Waals surface area contributed by atoms with Gasteiger partial charge in [-0.1, -0.05) is 0 Å². The van der Waals surface area contributed by atoms with E-state index in [1.54, 1.807) is 6.20 Å². The predicted octanol–water partition coefficient (Wildman–Crippen LogP) is 4.83. The minimum Gasteiger partial charge on any atom is -0.440 e. The van der Waals surface area contributed by atoms with Gasteiger partial charge in [-0.25, -0.2) is 4.98 Å². The van der Waals surface area contributed by atoms with Gasteiger partial charge in [-0.15, -0.1) is 11.3 Å². The summed E-state index contributed by atoms with van der Waals surface area (Å²) < 4.78 is 6.50. The fraction of sp³-hybridized carbons (Fsp3) is 0.278. The number of H-pyrrole nitrogens is 1. The Morgan fingerprint density at radius 2 is 2.16 bits per heavy atom. The van der Waals surface area contributed by atoms with Crippen molar-refractivity contribution < 1.29 is 9.21 Å². The summed E-state index contributed by atoms with van der Waals surface area (Å²) in [5, 5.41) is 2.91. The van der Waals surface area contributed by atoms with Crippen LogP contribution in [0.2, 0.25) is 0 Å². The van der Waals surface area contributed by atoms with Gasteiger partial charge in [0.1, 0.15) is 0 Å². The van der Waals surface area contributed by atoms with Crippen LogP contribution in [0.25, 0.3) is 11.3 Å². The Morgan fingerprint density at radius 1 is 1.40 bits per heavy atom. The molecule has 7 heteroatoms. The number of nitrogens with one attached hydrogen (secondary N) is 2. The van der Waals surface area contributed by atoms with E-state index in [4.69, 9.17) is 16.6 Å². The van der Waals surface area contributed by atoms with Crippen molar-refractivity contribution >= 4 is 35.1 Å². The van der Waals surface area contributed by atoms with Gasteiger partial charge < -0.3 is 14.7 Å². The highest BCUT2D eigenvalue weighted by Gasteiger charge is 2.28. The smallest absolute Gasteiger partial charge is 0.229 e. The zero-order chi connectivity index (χ0) is 17.4. The molecule has 128 valence electrons. The van der Waals surface area contributed by atoms with Crippen molar-refractivity contribution in [3.8, 4) is 11.3 Å². The van der Waals surface area contributed by atoms with E-state index < -0.39 is 0 Å². The molecular formula is C18H17N3O2S2. The van der Waals surface area contributed by atoms with E-state index in [0.717, 1.165) is 33.5 Å². The second-order valence-corrected chi connectivity index (χ2v) is 7.97. The highest BCUT2D eigenvalue weighted by molar-refractivity contribution is 7.73. The maximum atomic E-state index is 12.2. The number of rotatable bonds is 5. The first-order chi connectivity index (χ1) is 12.1. The summed E-state index contributed by atoms with van der Waals surface area (Å²) in [6, 6.07) is 7.60. The molecule has 1 fully saturated rings. The number of amides is 1. The average molecular weight is 371 g/mol. The standard InChI is InChI=1S/C18H17N3O2S2/c1-10-15(25-18(24)20-10)8-16(22)21-13-6-4-11(5-7-13)14-9-19-17(23-14)12-2-3-12/h4-7,9,12H,2-3,8H2,1H3,(H,20,24)(H,21,22). The van der Waals surface area contributed by atoms with Gasteiger partial charge in [0.15, 0.2) is 15.6 Å². The number of oxazole rings is 1. The first kappa shape index (κ1) is 16.2. The number of aryl methyl sites for hydroxylation is 1. The molecule has 1 aromatic carbocycles. The summed E-state index contributed by atoms with van der Waals surface area (Å²) in [6.45, 7) is 1.93. The fourth-order valence-electron chi connectivity index (χ4n) is 2.61. The zero-order valence-electron chi connectivity index (χ0n) is 13.7. The Balaban J connectivity index is 1.41. The van der Waals surface area contributed by atoms with Crippen molar-refractivity contribution in [2.45, 2.75) is 32.1 Å². The van der Waals surface area contributed by atoms with Crippen LogP contribution in [0.4, 0.5) is 5.69 Å². The number of carbonyl (C=O) groups is 1. The van der Waals surface area contributed by atoms with Crippen LogP contribution in [0, 0.1) is 10.9 Å². The molecule has 0 bridgehead atoms. The Morgan fingerprint density at radius 3 is 2.80 bits per heavy atom. The van der Waals surface area contributed by atoms with Crippen LogP contribution in [0.1, 0.15) is 35.2 Å².